The molecular formula is C11H15NO3. The normalized spacial score (nSPS) is 24.9. The van der Waals surface area contributed by atoms with Crippen molar-refractivity contribution < 1.29 is 15.3 Å². The van der Waals surface area contributed by atoms with Crippen molar-refractivity contribution in [3.8, 4) is 11.5 Å². The van der Waals surface area contributed by atoms with Gasteiger partial charge in [0.2, 0.25) is 0 Å². The highest BCUT2D eigenvalue weighted by Crippen LogP contribution is 2.24. The molecule has 0 saturated heterocycles. The molecule has 0 radical (unpaired) electrons. The van der Waals surface area contributed by atoms with Gasteiger partial charge in [-0.05, 0) is 18.9 Å². The van der Waals surface area contributed by atoms with Gasteiger partial charge in [-0.25, -0.2) is 0 Å². The van der Waals surface area contributed by atoms with Crippen molar-refractivity contribution in [3.63, 3.8) is 0 Å². The number of rotatable bonds is 3. The molecule has 4 heteroatoms. The first-order valence-corrected chi connectivity index (χ1v) is 5.07. The van der Waals surface area contributed by atoms with Gasteiger partial charge in [-0.2, -0.15) is 0 Å². The number of aliphatic hydroxyl groups excluding tert-OH is 1. The zero-order chi connectivity index (χ0) is 10.8. The van der Waals surface area contributed by atoms with Gasteiger partial charge in [0, 0.05) is 24.2 Å². The predicted octanol–water partition coefficient (Wildman–Crippen LogP) is 0.711. The zero-order valence-electron chi connectivity index (χ0n) is 8.35. The van der Waals surface area contributed by atoms with Crippen molar-refractivity contribution in [3.05, 3.63) is 23.8 Å². The van der Waals surface area contributed by atoms with E-state index in [1.807, 2.05) is 0 Å². The minimum atomic E-state index is -0.170. The lowest BCUT2D eigenvalue weighted by Crippen LogP contribution is -2.43. The molecule has 0 bridgehead atoms. The molecule has 4 nitrogen and oxygen atoms in total. The Labute approximate surface area is 88.2 Å². The lowest BCUT2D eigenvalue weighted by molar-refractivity contribution is 0.0619. The van der Waals surface area contributed by atoms with Gasteiger partial charge in [0.1, 0.15) is 11.5 Å². The quantitative estimate of drug-likeness (QED) is 0.591. The summed E-state index contributed by atoms with van der Waals surface area (Å²) < 4.78 is 0. The van der Waals surface area contributed by atoms with E-state index in [0.717, 1.165) is 18.4 Å². The maximum Gasteiger partial charge on any atom is 0.123 e. The highest BCUT2D eigenvalue weighted by atomic mass is 16.3. The molecule has 0 heterocycles. The third-order valence-electron chi connectivity index (χ3n) is 2.76. The Balaban J connectivity index is 1.88. The van der Waals surface area contributed by atoms with Crippen LogP contribution >= 0.6 is 0 Å². The van der Waals surface area contributed by atoms with Crippen molar-refractivity contribution in [2.75, 3.05) is 0 Å². The Morgan fingerprint density at radius 2 is 2.00 bits per heavy atom. The van der Waals surface area contributed by atoms with Crippen molar-refractivity contribution >= 4 is 0 Å². The van der Waals surface area contributed by atoms with E-state index in [-0.39, 0.29) is 17.6 Å². The van der Waals surface area contributed by atoms with E-state index in [4.69, 9.17) is 10.2 Å². The fourth-order valence-corrected chi connectivity index (χ4v) is 1.71. The molecule has 0 atom stereocenters. The minimum absolute atomic E-state index is 0.0651. The number of phenolic OH excluding ortho intramolecular Hbond substituents is 2. The van der Waals surface area contributed by atoms with Gasteiger partial charge < -0.3 is 20.6 Å². The minimum Gasteiger partial charge on any atom is -0.508 e. The van der Waals surface area contributed by atoms with E-state index in [9.17, 15) is 5.11 Å². The Hall–Kier alpha value is -1.26. The summed E-state index contributed by atoms with van der Waals surface area (Å²) in [5.41, 5.74) is 0.759. The number of hydrogen-bond acceptors (Lipinski definition) is 4. The first kappa shape index (κ1) is 10.3. The highest BCUT2D eigenvalue weighted by Gasteiger charge is 2.26. The van der Waals surface area contributed by atoms with Crippen molar-refractivity contribution in [2.45, 2.75) is 31.5 Å². The van der Waals surface area contributed by atoms with E-state index < -0.39 is 0 Å². The highest BCUT2D eigenvalue weighted by molar-refractivity contribution is 5.38. The van der Waals surface area contributed by atoms with Gasteiger partial charge in [-0.15, -0.1) is 0 Å². The van der Waals surface area contributed by atoms with Crippen LogP contribution in [0.1, 0.15) is 18.4 Å². The molecule has 0 spiro atoms. The third kappa shape index (κ3) is 2.40. The predicted molar refractivity (Wildman–Crippen MR) is 55.6 cm³/mol. The summed E-state index contributed by atoms with van der Waals surface area (Å²) in [5.74, 6) is 0.165. The molecule has 0 aliphatic heterocycles. The van der Waals surface area contributed by atoms with Crippen LogP contribution in [0.25, 0.3) is 0 Å². The van der Waals surface area contributed by atoms with E-state index in [1.54, 1.807) is 12.1 Å². The summed E-state index contributed by atoms with van der Waals surface area (Å²) in [7, 11) is 0. The van der Waals surface area contributed by atoms with Crippen molar-refractivity contribution in [2.24, 2.45) is 0 Å². The van der Waals surface area contributed by atoms with Crippen LogP contribution in [0.3, 0.4) is 0 Å². The Morgan fingerprint density at radius 1 is 1.27 bits per heavy atom. The monoisotopic (exact) mass is 209 g/mol. The molecule has 1 aromatic carbocycles. The SMILES string of the molecule is Oc1ccc(CNC2CC(O)C2)c(O)c1. The summed E-state index contributed by atoms with van der Waals surface area (Å²) in [6.45, 7) is 0.559. The summed E-state index contributed by atoms with van der Waals surface area (Å²) >= 11 is 0. The number of benzene rings is 1. The fraction of sp³-hybridized carbons (Fsp3) is 0.455. The molecule has 0 amide bonds. The molecule has 1 aliphatic carbocycles. The summed E-state index contributed by atoms with van der Waals surface area (Å²) in [6.07, 6.45) is 1.38. The van der Waals surface area contributed by atoms with Crippen LogP contribution in [0, 0.1) is 0 Å². The molecular weight excluding hydrogens is 194 g/mol. The summed E-state index contributed by atoms with van der Waals surface area (Å²) in [4.78, 5) is 0. The van der Waals surface area contributed by atoms with Crippen LogP contribution in [-0.4, -0.2) is 27.5 Å². The van der Waals surface area contributed by atoms with Crippen molar-refractivity contribution in [1.82, 2.24) is 5.32 Å². The number of nitrogens with one attached hydrogen (secondary N) is 1. The third-order valence-corrected chi connectivity index (χ3v) is 2.76. The average molecular weight is 209 g/mol. The van der Waals surface area contributed by atoms with Gasteiger partial charge >= 0.3 is 0 Å². The second kappa shape index (κ2) is 4.08. The fourth-order valence-electron chi connectivity index (χ4n) is 1.71. The summed E-state index contributed by atoms with van der Waals surface area (Å²) in [5, 5.41) is 30.9. The lowest BCUT2D eigenvalue weighted by Gasteiger charge is -2.32. The average Bonchev–Trinajstić information content (AvgIpc) is 2.13. The van der Waals surface area contributed by atoms with E-state index in [2.05, 4.69) is 5.32 Å². The van der Waals surface area contributed by atoms with Crippen LogP contribution < -0.4 is 5.32 Å². The number of aliphatic hydroxyl groups is 1. The van der Waals surface area contributed by atoms with Crippen LogP contribution in [0.4, 0.5) is 0 Å². The zero-order valence-corrected chi connectivity index (χ0v) is 8.35. The van der Waals surface area contributed by atoms with Crippen molar-refractivity contribution in [1.29, 1.82) is 0 Å². The first-order chi connectivity index (χ1) is 7.15. The van der Waals surface area contributed by atoms with Crippen LogP contribution in [0.5, 0.6) is 11.5 Å². The number of aromatic hydroxyl groups is 2. The molecule has 4 N–H and O–H groups in total. The maximum absolute atomic E-state index is 9.50. The molecule has 1 saturated carbocycles. The first-order valence-electron chi connectivity index (χ1n) is 5.07. The lowest BCUT2D eigenvalue weighted by atomic mass is 9.89. The second-order valence-electron chi connectivity index (χ2n) is 4.02. The maximum atomic E-state index is 9.50. The van der Waals surface area contributed by atoms with E-state index in [1.165, 1.54) is 6.07 Å². The summed E-state index contributed by atoms with van der Waals surface area (Å²) in [6, 6.07) is 4.90. The number of hydrogen-bond donors (Lipinski definition) is 4. The molecule has 0 aromatic heterocycles. The molecule has 82 valence electrons. The van der Waals surface area contributed by atoms with Gasteiger partial charge in [-0.1, -0.05) is 6.07 Å². The van der Waals surface area contributed by atoms with Crippen LogP contribution in [0.2, 0.25) is 0 Å². The Morgan fingerprint density at radius 3 is 2.60 bits per heavy atom. The van der Waals surface area contributed by atoms with Crippen LogP contribution in [0.15, 0.2) is 18.2 Å². The van der Waals surface area contributed by atoms with Crippen LogP contribution in [-0.2, 0) is 6.54 Å². The topological polar surface area (TPSA) is 72.7 Å². The smallest absolute Gasteiger partial charge is 0.123 e. The molecule has 1 fully saturated rings. The second-order valence-corrected chi connectivity index (χ2v) is 4.02. The molecule has 0 unspecified atom stereocenters. The van der Waals surface area contributed by atoms with Gasteiger partial charge in [0.05, 0.1) is 6.10 Å². The standard InChI is InChI=1S/C11H15NO3/c13-9-2-1-7(11(15)5-9)6-12-8-3-10(14)4-8/h1-2,5,8,10,12-15H,3-4,6H2. The van der Waals surface area contributed by atoms with Gasteiger partial charge in [-0.3, -0.25) is 0 Å². The largest absolute Gasteiger partial charge is 0.508 e. The molecule has 2 rings (SSSR count). The van der Waals surface area contributed by atoms with Gasteiger partial charge in [0.15, 0.2) is 0 Å². The van der Waals surface area contributed by atoms with Gasteiger partial charge in [0.25, 0.3) is 0 Å². The molecule has 15 heavy (non-hydrogen) atoms. The Kier molecular flexibility index (Phi) is 2.79. The number of phenols is 2. The molecule has 1 aromatic rings. The van der Waals surface area contributed by atoms with E-state index >= 15 is 0 Å². The molecule has 1 aliphatic rings. The van der Waals surface area contributed by atoms with E-state index in [0.29, 0.717) is 12.6 Å². The Bertz CT molecular complexity index is 348.